The molecule has 0 aliphatic rings. The number of carbonyl (C=O) groups is 2. The molecule has 0 aromatic carbocycles. The van der Waals surface area contributed by atoms with E-state index in [4.69, 9.17) is 5.11 Å². The van der Waals surface area contributed by atoms with Crippen LogP contribution >= 0.6 is 0 Å². The number of hydrogen-bond acceptors (Lipinski definition) is 2. The van der Waals surface area contributed by atoms with E-state index >= 15 is 0 Å². The Kier molecular flexibility index (Phi) is 6.46. The molecule has 0 aliphatic carbocycles. The molecule has 1 amide bonds. The Bertz CT molecular complexity index is 293. The first kappa shape index (κ1) is 14.7. The second-order valence-corrected chi connectivity index (χ2v) is 4.35. The standard InChI is InChI=1S/C12H21NO3/c1-8(2)6-5-7-13-11(14)9(3)10(4)12(15)16/h8H,5-7H2,1-4H3,(H,13,14)(H,15,16). The molecule has 0 saturated heterocycles. The molecular formula is C12H21NO3. The van der Waals surface area contributed by atoms with Gasteiger partial charge in [0, 0.05) is 17.7 Å². The SMILES string of the molecule is CC(C(=O)O)=C(C)C(=O)NCCCC(C)C. The Morgan fingerprint density at radius 3 is 2.19 bits per heavy atom. The van der Waals surface area contributed by atoms with Gasteiger partial charge in [0.05, 0.1) is 0 Å². The number of carboxylic acids is 1. The van der Waals surface area contributed by atoms with Crippen molar-refractivity contribution < 1.29 is 14.7 Å². The second-order valence-electron chi connectivity index (χ2n) is 4.35. The Morgan fingerprint density at radius 2 is 1.75 bits per heavy atom. The molecule has 4 nitrogen and oxygen atoms in total. The first-order valence-electron chi connectivity index (χ1n) is 5.55. The summed E-state index contributed by atoms with van der Waals surface area (Å²) in [6, 6.07) is 0. The van der Waals surface area contributed by atoms with Crippen LogP contribution < -0.4 is 5.32 Å². The van der Waals surface area contributed by atoms with Crippen molar-refractivity contribution in [3.05, 3.63) is 11.1 Å². The third-order valence-electron chi connectivity index (χ3n) is 2.47. The molecule has 16 heavy (non-hydrogen) atoms. The van der Waals surface area contributed by atoms with Gasteiger partial charge in [-0.1, -0.05) is 13.8 Å². The van der Waals surface area contributed by atoms with Gasteiger partial charge in [-0.3, -0.25) is 4.79 Å². The van der Waals surface area contributed by atoms with Gasteiger partial charge in [0.25, 0.3) is 0 Å². The maximum Gasteiger partial charge on any atom is 0.331 e. The fourth-order valence-electron chi connectivity index (χ4n) is 1.18. The van der Waals surface area contributed by atoms with Crippen LogP contribution in [0.3, 0.4) is 0 Å². The third-order valence-corrected chi connectivity index (χ3v) is 2.47. The zero-order valence-corrected chi connectivity index (χ0v) is 10.5. The van der Waals surface area contributed by atoms with Crippen LogP contribution in [0.2, 0.25) is 0 Å². The van der Waals surface area contributed by atoms with Gasteiger partial charge < -0.3 is 10.4 Å². The summed E-state index contributed by atoms with van der Waals surface area (Å²) < 4.78 is 0. The van der Waals surface area contributed by atoms with Crippen molar-refractivity contribution in [2.75, 3.05) is 6.54 Å². The van der Waals surface area contributed by atoms with E-state index in [2.05, 4.69) is 19.2 Å². The lowest BCUT2D eigenvalue weighted by molar-refractivity contribution is -0.133. The fraction of sp³-hybridized carbons (Fsp3) is 0.667. The highest BCUT2D eigenvalue weighted by Gasteiger charge is 2.11. The molecule has 2 N–H and O–H groups in total. The fourth-order valence-corrected chi connectivity index (χ4v) is 1.18. The minimum absolute atomic E-state index is 0.0985. The molecule has 0 aromatic heterocycles. The maximum atomic E-state index is 11.5. The van der Waals surface area contributed by atoms with E-state index in [1.807, 2.05) is 0 Å². The molecule has 0 heterocycles. The molecular weight excluding hydrogens is 206 g/mol. The van der Waals surface area contributed by atoms with Gasteiger partial charge in [0.2, 0.25) is 5.91 Å². The van der Waals surface area contributed by atoms with Gasteiger partial charge in [0.15, 0.2) is 0 Å². The third kappa shape index (κ3) is 5.53. The highest BCUT2D eigenvalue weighted by atomic mass is 16.4. The molecule has 0 fully saturated rings. The van der Waals surface area contributed by atoms with E-state index in [1.165, 1.54) is 13.8 Å². The Balaban J connectivity index is 4.08. The largest absolute Gasteiger partial charge is 0.478 e. The highest BCUT2D eigenvalue weighted by Crippen LogP contribution is 2.05. The van der Waals surface area contributed by atoms with Crippen LogP contribution in [0.1, 0.15) is 40.5 Å². The summed E-state index contributed by atoms with van der Waals surface area (Å²) in [5, 5.41) is 11.4. The van der Waals surface area contributed by atoms with Crippen molar-refractivity contribution in [2.24, 2.45) is 5.92 Å². The smallest absolute Gasteiger partial charge is 0.331 e. The monoisotopic (exact) mass is 227 g/mol. The molecule has 0 atom stereocenters. The van der Waals surface area contributed by atoms with Gasteiger partial charge in [-0.15, -0.1) is 0 Å². The summed E-state index contributed by atoms with van der Waals surface area (Å²) in [6.07, 6.45) is 1.98. The predicted octanol–water partition coefficient (Wildman–Crippen LogP) is 1.96. The lowest BCUT2D eigenvalue weighted by Gasteiger charge is -2.08. The van der Waals surface area contributed by atoms with Gasteiger partial charge in [-0.05, 0) is 32.6 Å². The van der Waals surface area contributed by atoms with Crippen LogP contribution in [-0.4, -0.2) is 23.5 Å². The van der Waals surface area contributed by atoms with Crippen LogP contribution in [0.25, 0.3) is 0 Å². The number of aliphatic carboxylic acids is 1. The first-order chi connectivity index (χ1) is 7.36. The van der Waals surface area contributed by atoms with Crippen LogP contribution in [0.5, 0.6) is 0 Å². The molecule has 0 bridgehead atoms. The van der Waals surface area contributed by atoms with E-state index in [0.717, 1.165) is 12.8 Å². The summed E-state index contributed by atoms with van der Waals surface area (Å²) in [5.74, 6) is -0.715. The summed E-state index contributed by atoms with van der Waals surface area (Å²) in [6.45, 7) is 7.82. The lowest BCUT2D eigenvalue weighted by Crippen LogP contribution is -2.26. The van der Waals surface area contributed by atoms with Gasteiger partial charge >= 0.3 is 5.97 Å². The maximum absolute atomic E-state index is 11.5. The lowest BCUT2D eigenvalue weighted by atomic mass is 10.1. The van der Waals surface area contributed by atoms with Crippen molar-refractivity contribution in [2.45, 2.75) is 40.5 Å². The highest BCUT2D eigenvalue weighted by molar-refractivity contribution is 6.01. The van der Waals surface area contributed by atoms with E-state index < -0.39 is 5.97 Å². The minimum Gasteiger partial charge on any atom is -0.478 e. The van der Waals surface area contributed by atoms with Crippen molar-refractivity contribution in [1.82, 2.24) is 5.32 Å². The average molecular weight is 227 g/mol. The van der Waals surface area contributed by atoms with Gasteiger partial charge in [-0.2, -0.15) is 0 Å². The number of rotatable bonds is 6. The van der Waals surface area contributed by atoms with Crippen molar-refractivity contribution >= 4 is 11.9 Å². The van der Waals surface area contributed by atoms with Crippen molar-refractivity contribution in [3.63, 3.8) is 0 Å². The average Bonchev–Trinajstić information content (AvgIpc) is 2.21. The van der Waals surface area contributed by atoms with Crippen molar-refractivity contribution in [3.8, 4) is 0 Å². The molecule has 0 rings (SSSR count). The van der Waals surface area contributed by atoms with Crippen LogP contribution in [0, 0.1) is 5.92 Å². The molecule has 0 spiro atoms. The number of carboxylic acid groups (broad SMARTS) is 1. The number of nitrogens with one attached hydrogen (secondary N) is 1. The Hall–Kier alpha value is -1.32. The Morgan fingerprint density at radius 1 is 1.19 bits per heavy atom. The van der Waals surface area contributed by atoms with E-state index in [1.54, 1.807) is 0 Å². The summed E-state index contributed by atoms with van der Waals surface area (Å²) >= 11 is 0. The van der Waals surface area contributed by atoms with E-state index in [-0.39, 0.29) is 17.1 Å². The van der Waals surface area contributed by atoms with Crippen molar-refractivity contribution in [1.29, 1.82) is 0 Å². The minimum atomic E-state index is -1.05. The van der Waals surface area contributed by atoms with Crippen LogP contribution in [-0.2, 0) is 9.59 Å². The molecule has 0 saturated carbocycles. The summed E-state index contributed by atoms with van der Waals surface area (Å²) in [7, 11) is 0. The topological polar surface area (TPSA) is 66.4 Å². The summed E-state index contributed by atoms with van der Waals surface area (Å²) in [5.41, 5.74) is 0.374. The van der Waals surface area contributed by atoms with Crippen LogP contribution in [0.15, 0.2) is 11.1 Å². The van der Waals surface area contributed by atoms with Gasteiger partial charge in [0.1, 0.15) is 0 Å². The molecule has 0 aromatic rings. The molecule has 0 radical (unpaired) electrons. The van der Waals surface area contributed by atoms with E-state index in [0.29, 0.717) is 12.5 Å². The van der Waals surface area contributed by atoms with Crippen LogP contribution in [0.4, 0.5) is 0 Å². The van der Waals surface area contributed by atoms with E-state index in [9.17, 15) is 9.59 Å². The predicted molar refractivity (Wildman–Crippen MR) is 63.1 cm³/mol. The quantitative estimate of drug-likeness (QED) is 0.538. The zero-order chi connectivity index (χ0) is 12.7. The molecule has 0 unspecified atom stereocenters. The van der Waals surface area contributed by atoms with Gasteiger partial charge in [-0.25, -0.2) is 4.79 Å². The second kappa shape index (κ2) is 7.04. The molecule has 4 heteroatoms. The normalized spacial score (nSPS) is 12.3. The Labute approximate surface area is 96.7 Å². The molecule has 92 valence electrons. The zero-order valence-electron chi connectivity index (χ0n) is 10.5. The number of hydrogen-bond donors (Lipinski definition) is 2. The molecule has 0 aliphatic heterocycles. The first-order valence-corrected chi connectivity index (χ1v) is 5.55. The summed E-state index contributed by atoms with van der Waals surface area (Å²) in [4.78, 5) is 22.1. The number of amides is 1. The number of carbonyl (C=O) groups excluding carboxylic acids is 1.